The van der Waals surface area contributed by atoms with Crippen molar-refractivity contribution < 1.29 is 14.3 Å². The molecule has 0 amide bonds. The van der Waals surface area contributed by atoms with E-state index in [1.807, 2.05) is 35.0 Å². The van der Waals surface area contributed by atoms with E-state index < -0.39 is 11.5 Å². The number of hydrogen-bond acceptors (Lipinski definition) is 4. The van der Waals surface area contributed by atoms with Crippen LogP contribution < -0.4 is 10.5 Å². The Kier molecular flexibility index (Phi) is 3.48. The summed E-state index contributed by atoms with van der Waals surface area (Å²) in [6.45, 7) is 2.02. The van der Waals surface area contributed by atoms with Crippen LogP contribution in [0.1, 0.15) is 6.92 Å². The standard InChI is InChI=1S/C14H18N2O3/c1-14(15,13(17)19-3)9-16-7-6-10-8-11(18-2)4-5-12(10)16/h4-8H,9,15H2,1-3H3/t14-/m0/s1. The van der Waals surface area contributed by atoms with E-state index >= 15 is 0 Å². The van der Waals surface area contributed by atoms with Gasteiger partial charge in [0.05, 0.1) is 20.8 Å². The molecule has 1 atom stereocenters. The Bertz CT molecular complexity index is 602. The number of carbonyl (C=O) groups is 1. The van der Waals surface area contributed by atoms with Gasteiger partial charge in [-0.1, -0.05) is 0 Å². The molecule has 0 aliphatic rings. The second kappa shape index (κ2) is 4.93. The van der Waals surface area contributed by atoms with Gasteiger partial charge in [0.15, 0.2) is 0 Å². The number of hydrogen-bond donors (Lipinski definition) is 1. The lowest BCUT2D eigenvalue weighted by molar-refractivity contribution is -0.146. The summed E-state index contributed by atoms with van der Waals surface area (Å²) in [7, 11) is 2.97. The summed E-state index contributed by atoms with van der Waals surface area (Å²) in [5, 5.41) is 1.04. The summed E-state index contributed by atoms with van der Waals surface area (Å²) in [5.41, 5.74) is 5.94. The van der Waals surface area contributed by atoms with E-state index in [2.05, 4.69) is 0 Å². The molecule has 5 heteroatoms. The fourth-order valence-corrected chi connectivity index (χ4v) is 2.09. The molecule has 0 bridgehead atoms. The Hall–Kier alpha value is -2.01. The van der Waals surface area contributed by atoms with Gasteiger partial charge in [-0.2, -0.15) is 0 Å². The largest absolute Gasteiger partial charge is 0.497 e. The highest BCUT2D eigenvalue weighted by atomic mass is 16.5. The van der Waals surface area contributed by atoms with Gasteiger partial charge in [-0.15, -0.1) is 0 Å². The van der Waals surface area contributed by atoms with Crippen LogP contribution in [0.4, 0.5) is 0 Å². The minimum absolute atomic E-state index is 0.357. The summed E-state index contributed by atoms with van der Waals surface area (Å²) in [6, 6.07) is 7.73. The van der Waals surface area contributed by atoms with Gasteiger partial charge in [-0.25, -0.2) is 0 Å². The van der Waals surface area contributed by atoms with E-state index in [1.165, 1.54) is 7.11 Å². The minimum Gasteiger partial charge on any atom is -0.497 e. The molecule has 2 rings (SSSR count). The third-order valence-electron chi connectivity index (χ3n) is 3.13. The van der Waals surface area contributed by atoms with Gasteiger partial charge in [-0.3, -0.25) is 4.79 Å². The van der Waals surface area contributed by atoms with Crippen molar-refractivity contribution in [2.75, 3.05) is 14.2 Å². The zero-order chi connectivity index (χ0) is 14.0. The molecule has 0 aliphatic carbocycles. The van der Waals surface area contributed by atoms with Crippen LogP contribution in [0.2, 0.25) is 0 Å². The van der Waals surface area contributed by atoms with E-state index in [0.29, 0.717) is 6.54 Å². The van der Waals surface area contributed by atoms with Crippen LogP contribution in [0.3, 0.4) is 0 Å². The first-order valence-electron chi connectivity index (χ1n) is 5.98. The molecular weight excluding hydrogens is 244 g/mol. The number of benzene rings is 1. The number of esters is 1. The maximum Gasteiger partial charge on any atom is 0.327 e. The average molecular weight is 262 g/mol. The molecule has 1 heterocycles. The van der Waals surface area contributed by atoms with Gasteiger partial charge in [-0.05, 0) is 31.2 Å². The lowest BCUT2D eigenvalue weighted by atomic mass is 10.0. The second-order valence-electron chi connectivity index (χ2n) is 4.78. The van der Waals surface area contributed by atoms with E-state index in [9.17, 15) is 4.79 Å². The molecule has 0 radical (unpaired) electrons. The Morgan fingerprint density at radius 3 is 2.74 bits per heavy atom. The monoisotopic (exact) mass is 262 g/mol. The molecular formula is C14H18N2O3. The van der Waals surface area contributed by atoms with E-state index in [4.69, 9.17) is 15.2 Å². The smallest absolute Gasteiger partial charge is 0.327 e. The normalized spacial score (nSPS) is 14.1. The number of ether oxygens (including phenoxy) is 2. The average Bonchev–Trinajstić information content (AvgIpc) is 2.79. The molecule has 0 spiro atoms. The lowest BCUT2D eigenvalue weighted by Crippen LogP contribution is -2.49. The van der Waals surface area contributed by atoms with Crippen molar-refractivity contribution >= 4 is 16.9 Å². The van der Waals surface area contributed by atoms with Crippen molar-refractivity contribution in [2.45, 2.75) is 19.0 Å². The van der Waals surface area contributed by atoms with E-state index in [-0.39, 0.29) is 0 Å². The fraction of sp³-hybridized carbons (Fsp3) is 0.357. The Morgan fingerprint density at radius 1 is 1.37 bits per heavy atom. The molecule has 5 nitrogen and oxygen atoms in total. The van der Waals surface area contributed by atoms with Crippen molar-refractivity contribution in [2.24, 2.45) is 5.73 Å². The van der Waals surface area contributed by atoms with Crippen LogP contribution in [-0.4, -0.2) is 30.3 Å². The first kappa shape index (κ1) is 13.4. The molecule has 1 aromatic heterocycles. The summed E-state index contributed by atoms with van der Waals surface area (Å²) in [5.74, 6) is 0.372. The van der Waals surface area contributed by atoms with Crippen LogP contribution in [0.5, 0.6) is 5.75 Å². The van der Waals surface area contributed by atoms with Gasteiger partial charge in [0, 0.05) is 17.1 Å². The van der Waals surface area contributed by atoms with Crippen molar-refractivity contribution in [3.8, 4) is 5.75 Å². The Balaban J connectivity index is 2.34. The molecule has 1 aromatic carbocycles. The molecule has 0 saturated heterocycles. The molecule has 2 N–H and O–H groups in total. The lowest BCUT2D eigenvalue weighted by Gasteiger charge is -2.22. The van der Waals surface area contributed by atoms with Crippen molar-refractivity contribution in [3.05, 3.63) is 30.5 Å². The molecule has 0 aliphatic heterocycles. The van der Waals surface area contributed by atoms with E-state index in [0.717, 1.165) is 16.7 Å². The van der Waals surface area contributed by atoms with Gasteiger partial charge in [0.1, 0.15) is 11.3 Å². The molecule has 102 valence electrons. The summed E-state index contributed by atoms with van der Waals surface area (Å²) < 4.78 is 11.8. The van der Waals surface area contributed by atoms with Gasteiger partial charge in [0.25, 0.3) is 0 Å². The topological polar surface area (TPSA) is 66.5 Å². The third-order valence-corrected chi connectivity index (χ3v) is 3.13. The summed E-state index contributed by atoms with van der Waals surface area (Å²) in [6.07, 6.45) is 1.90. The van der Waals surface area contributed by atoms with Crippen LogP contribution in [0.15, 0.2) is 30.5 Å². The highest BCUT2D eigenvalue weighted by Gasteiger charge is 2.30. The first-order valence-corrected chi connectivity index (χ1v) is 5.98. The Labute approximate surface area is 111 Å². The van der Waals surface area contributed by atoms with Gasteiger partial charge >= 0.3 is 5.97 Å². The van der Waals surface area contributed by atoms with Crippen molar-refractivity contribution in [3.63, 3.8) is 0 Å². The highest BCUT2D eigenvalue weighted by molar-refractivity contribution is 5.83. The second-order valence-corrected chi connectivity index (χ2v) is 4.78. The van der Waals surface area contributed by atoms with E-state index in [1.54, 1.807) is 14.0 Å². The minimum atomic E-state index is -1.05. The molecule has 0 saturated carbocycles. The van der Waals surface area contributed by atoms with Crippen LogP contribution >= 0.6 is 0 Å². The number of carbonyl (C=O) groups excluding carboxylic acids is 1. The zero-order valence-electron chi connectivity index (χ0n) is 11.3. The first-order chi connectivity index (χ1) is 8.97. The number of aromatic nitrogens is 1. The van der Waals surface area contributed by atoms with Gasteiger partial charge in [0.2, 0.25) is 0 Å². The predicted molar refractivity (Wildman–Crippen MR) is 73.1 cm³/mol. The number of nitrogens with two attached hydrogens (primary N) is 1. The Morgan fingerprint density at radius 2 is 2.11 bits per heavy atom. The fourth-order valence-electron chi connectivity index (χ4n) is 2.09. The molecule has 0 unspecified atom stereocenters. The molecule has 19 heavy (non-hydrogen) atoms. The van der Waals surface area contributed by atoms with Crippen LogP contribution in [0.25, 0.3) is 10.9 Å². The molecule has 2 aromatic rings. The maximum atomic E-state index is 11.6. The highest BCUT2D eigenvalue weighted by Crippen LogP contribution is 2.23. The van der Waals surface area contributed by atoms with Crippen molar-refractivity contribution in [1.29, 1.82) is 0 Å². The van der Waals surface area contributed by atoms with Crippen LogP contribution in [-0.2, 0) is 16.1 Å². The maximum absolute atomic E-state index is 11.6. The van der Waals surface area contributed by atoms with Gasteiger partial charge < -0.3 is 19.8 Å². The number of methoxy groups -OCH3 is 2. The SMILES string of the molecule is COC(=O)[C@@](C)(N)Cn1ccc2cc(OC)ccc21. The van der Waals surface area contributed by atoms with Crippen LogP contribution in [0, 0.1) is 0 Å². The summed E-state index contributed by atoms with van der Waals surface area (Å²) in [4.78, 5) is 11.6. The summed E-state index contributed by atoms with van der Waals surface area (Å²) >= 11 is 0. The number of nitrogens with zero attached hydrogens (tertiary/aromatic N) is 1. The zero-order valence-corrected chi connectivity index (χ0v) is 11.3. The number of rotatable bonds is 4. The predicted octanol–water partition coefficient (Wildman–Crippen LogP) is 1.54. The quantitative estimate of drug-likeness (QED) is 0.849. The molecule has 0 fully saturated rings. The third kappa shape index (κ3) is 2.56. The van der Waals surface area contributed by atoms with Crippen molar-refractivity contribution in [1.82, 2.24) is 4.57 Å². The number of fused-ring (bicyclic) bond motifs is 1.